The molecule has 15 heavy (non-hydrogen) atoms. The summed E-state index contributed by atoms with van der Waals surface area (Å²) >= 11 is 0. The first kappa shape index (κ1) is 12.2. The first-order valence-corrected chi connectivity index (χ1v) is 5.92. The van der Waals surface area contributed by atoms with E-state index in [0.29, 0.717) is 5.75 Å². The van der Waals surface area contributed by atoms with E-state index in [1.807, 2.05) is 18.2 Å². The minimum Gasteiger partial charge on any atom is -0.491 e. The van der Waals surface area contributed by atoms with Crippen molar-refractivity contribution in [2.24, 2.45) is 0 Å². The van der Waals surface area contributed by atoms with Crippen LogP contribution >= 0.6 is 7.82 Å². The van der Waals surface area contributed by atoms with Gasteiger partial charge in [0.2, 0.25) is 0 Å². The molecule has 1 unspecified atom stereocenters. The Labute approximate surface area is 87.9 Å². The number of hydrogen-bond donors (Lipinski definition) is 2. The van der Waals surface area contributed by atoms with Crippen molar-refractivity contribution in [1.29, 1.82) is 0 Å². The third kappa shape index (κ3) is 5.54. The molecular weight excluding hydrogens is 219 g/mol. The average molecular weight is 232 g/mol. The van der Waals surface area contributed by atoms with Gasteiger partial charge in [-0.15, -0.1) is 0 Å². The van der Waals surface area contributed by atoms with Crippen LogP contribution in [-0.4, -0.2) is 22.5 Å². The highest BCUT2D eigenvalue weighted by Gasteiger charge is 2.18. The van der Waals surface area contributed by atoms with Gasteiger partial charge in [0.25, 0.3) is 0 Å². The van der Waals surface area contributed by atoms with Gasteiger partial charge in [0.05, 0.1) is 0 Å². The summed E-state index contributed by atoms with van der Waals surface area (Å²) in [4.78, 5) is 17.0. The molecule has 1 aromatic rings. The fraction of sp³-hybridized carbons (Fsp3) is 0.333. The maximum Gasteiger partial charge on any atom is 0.469 e. The zero-order chi connectivity index (χ0) is 11.3. The normalized spacial score (nSPS) is 13.5. The molecule has 0 spiro atoms. The maximum absolute atomic E-state index is 10.5. The Bertz CT molecular complexity index is 334. The SMILES string of the molecule is CC(COc1ccccc1)OP(=O)(O)O. The molecule has 6 heteroatoms. The standard InChI is InChI=1S/C9H13O5P/c1-8(14-15(10,11)12)7-13-9-5-3-2-4-6-9/h2-6,8H,7H2,1H3,(H2,10,11,12). The van der Waals surface area contributed by atoms with Crippen LogP contribution in [0.15, 0.2) is 30.3 Å². The number of para-hydroxylation sites is 1. The zero-order valence-corrected chi connectivity index (χ0v) is 9.13. The lowest BCUT2D eigenvalue weighted by molar-refractivity contribution is 0.101. The Hall–Kier alpha value is -0.870. The highest BCUT2D eigenvalue weighted by Crippen LogP contribution is 2.37. The quantitative estimate of drug-likeness (QED) is 0.753. The second kappa shape index (κ2) is 5.28. The third-order valence-corrected chi connectivity index (χ3v) is 2.18. The van der Waals surface area contributed by atoms with Gasteiger partial charge in [-0.3, -0.25) is 4.52 Å². The van der Waals surface area contributed by atoms with Crippen LogP contribution in [0.4, 0.5) is 0 Å². The van der Waals surface area contributed by atoms with Gasteiger partial charge in [-0.2, -0.15) is 0 Å². The fourth-order valence-corrected chi connectivity index (χ4v) is 1.52. The topological polar surface area (TPSA) is 76.0 Å². The molecule has 0 aliphatic carbocycles. The first-order chi connectivity index (χ1) is 6.97. The highest BCUT2D eigenvalue weighted by atomic mass is 31.2. The van der Waals surface area contributed by atoms with Crippen molar-refractivity contribution in [3.05, 3.63) is 30.3 Å². The number of hydrogen-bond acceptors (Lipinski definition) is 3. The van der Waals surface area contributed by atoms with E-state index in [9.17, 15) is 4.57 Å². The van der Waals surface area contributed by atoms with Gasteiger partial charge >= 0.3 is 7.82 Å². The molecule has 0 amide bonds. The lowest BCUT2D eigenvalue weighted by atomic mass is 10.3. The van der Waals surface area contributed by atoms with E-state index in [2.05, 4.69) is 4.52 Å². The van der Waals surface area contributed by atoms with E-state index in [4.69, 9.17) is 14.5 Å². The molecule has 0 radical (unpaired) electrons. The Morgan fingerprint density at radius 1 is 1.33 bits per heavy atom. The number of ether oxygens (including phenoxy) is 1. The van der Waals surface area contributed by atoms with Crippen LogP contribution in [0.2, 0.25) is 0 Å². The summed E-state index contributed by atoms with van der Waals surface area (Å²) in [6.45, 7) is 1.62. The van der Waals surface area contributed by atoms with Crippen LogP contribution in [0.5, 0.6) is 5.75 Å². The van der Waals surface area contributed by atoms with E-state index in [-0.39, 0.29) is 6.61 Å². The lowest BCUT2D eigenvalue weighted by Crippen LogP contribution is -2.16. The Morgan fingerprint density at radius 3 is 2.47 bits per heavy atom. The van der Waals surface area contributed by atoms with E-state index in [1.165, 1.54) is 6.92 Å². The van der Waals surface area contributed by atoms with Gasteiger partial charge in [0.1, 0.15) is 18.5 Å². The van der Waals surface area contributed by atoms with E-state index < -0.39 is 13.9 Å². The molecule has 84 valence electrons. The molecule has 1 aromatic carbocycles. The monoisotopic (exact) mass is 232 g/mol. The smallest absolute Gasteiger partial charge is 0.469 e. The maximum atomic E-state index is 10.5. The first-order valence-electron chi connectivity index (χ1n) is 4.39. The second-order valence-electron chi connectivity index (χ2n) is 3.03. The van der Waals surface area contributed by atoms with Crippen LogP contribution in [0.1, 0.15) is 6.92 Å². The summed E-state index contributed by atoms with van der Waals surface area (Å²) in [5, 5.41) is 0. The average Bonchev–Trinajstić information content (AvgIpc) is 2.14. The predicted octanol–water partition coefficient (Wildman–Crippen LogP) is 1.56. The summed E-state index contributed by atoms with van der Waals surface area (Å²) < 4.78 is 20.1. The molecule has 0 aliphatic rings. The summed E-state index contributed by atoms with van der Waals surface area (Å²) in [6.07, 6.45) is -0.661. The van der Waals surface area contributed by atoms with Gasteiger partial charge < -0.3 is 14.5 Å². The van der Waals surface area contributed by atoms with Crippen molar-refractivity contribution in [2.45, 2.75) is 13.0 Å². The predicted molar refractivity (Wildman–Crippen MR) is 54.5 cm³/mol. The van der Waals surface area contributed by atoms with Crippen molar-refractivity contribution in [1.82, 2.24) is 0 Å². The highest BCUT2D eigenvalue weighted by molar-refractivity contribution is 7.46. The van der Waals surface area contributed by atoms with Crippen LogP contribution in [0.25, 0.3) is 0 Å². The third-order valence-electron chi connectivity index (χ3n) is 1.55. The minimum atomic E-state index is -4.42. The Morgan fingerprint density at radius 2 is 1.93 bits per heavy atom. The van der Waals surface area contributed by atoms with Crippen LogP contribution in [0.3, 0.4) is 0 Å². The molecule has 1 atom stereocenters. The van der Waals surface area contributed by atoms with Crippen molar-refractivity contribution in [3.8, 4) is 5.75 Å². The molecule has 5 nitrogen and oxygen atoms in total. The molecule has 2 N–H and O–H groups in total. The van der Waals surface area contributed by atoms with E-state index >= 15 is 0 Å². The number of phosphoric acid groups is 1. The van der Waals surface area contributed by atoms with E-state index in [0.717, 1.165) is 0 Å². The zero-order valence-electron chi connectivity index (χ0n) is 8.24. The molecular formula is C9H13O5P. The van der Waals surface area contributed by atoms with Crippen molar-refractivity contribution >= 4 is 7.82 Å². The second-order valence-corrected chi connectivity index (χ2v) is 4.22. The number of benzene rings is 1. The summed E-state index contributed by atoms with van der Waals surface area (Å²) in [7, 11) is -4.42. The van der Waals surface area contributed by atoms with Crippen molar-refractivity contribution in [2.75, 3.05) is 6.61 Å². The lowest BCUT2D eigenvalue weighted by Gasteiger charge is -2.14. The molecule has 1 rings (SSSR count). The molecule has 0 fully saturated rings. The Kier molecular flexibility index (Phi) is 4.29. The van der Waals surface area contributed by atoms with Crippen LogP contribution in [0, 0.1) is 0 Å². The van der Waals surface area contributed by atoms with Gasteiger partial charge in [-0.1, -0.05) is 18.2 Å². The van der Waals surface area contributed by atoms with Crippen LogP contribution in [-0.2, 0) is 9.09 Å². The van der Waals surface area contributed by atoms with Crippen molar-refractivity contribution < 1.29 is 23.6 Å². The fourth-order valence-electron chi connectivity index (χ4n) is 0.995. The summed E-state index contributed by atoms with van der Waals surface area (Å²) in [6, 6.07) is 8.98. The van der Waals surface area contributed by atoms with Crippen molar-refractivity contribution in [3.63, 3.8) is 0 Å². The largest absolute Gasteiger partial charge is 0.491 e. The summed E-state index contributed by atoms with van der Waals surface area (Å²) in [5.41, 5.74) is 0. The van der Waals surface area contributed by atoms with Crippen LogP contribution < -0.4 is 4.74 Å². The van der Waals surface area contributed by atoms with Gasteiger partial charge in [0, 0.05) is 0 Å². The summed E-state index contributed by atoms with van der Waals surface area (Å²) in [5.74, 6) is 0.638. The van der Waals surface area contributed by atoms with Gasteiger partial charge in [-0.05, 0) is 19.1 Å². The molecule has 0 bridgehead atoms. The van der Waals surface area contributed by atoms with Gasteiger partial charge in [0.15, 0.2) is 0 Å². The molecule has 0 aliphatic heterocycles. The number of phosphoric ester groups is 1. The minimum absolute atomic E-state index is 0.0924. The Balaban J connectivity index is 2.35. The molecule has 0 saturated carbocycles. The molecule has 0 heterocycles. The molecule has 0 saturated heterocycles. The molecule has 0 aromatic heterocycles. The van der Waals surface area contributed by atoms with E-state index in [1.54, 1.807) is 12.1 Å². The number of rotatable bonds is 5. The van der Waals surface area contributed by atoms with Gasteiger partial charge in [-0.25, -0.2) is 4.57 Å².